The molecule has 0 spiro atoms. The van der Waals surface area contributed by atoms with E-state index in [1.54, 1.807) is 0 Å². The Morgan fingerprint density at radius 1 is 1.21 bits per heavy atom. The summed E-state index contributed by atoms with van der Waals surface area (Å²) in [5.41, 5.74) is 0. The molecule has 1 saturated heterocycles. The van der Waals surface area contributed by atoms with E-state index in [9.17, 15) is 4.79 Å². The van der Waals surface area contributed by atoms with Gasteiger partial charge in [-0.3, -0.25) is 4.79 Å². The van der Waals surface area contributed by atoms with Crippen LogP contribution in [0.3, 0.4) is 0 Å². The quantitative estimate of drug-likeness (QED) is 0.505. The van der Waals surface area contributed by atoms with Crippen LogP contribution in [-0.2, 0) is 17.8 Å². The van der Waals surface area contributed by atoms with Crippen LogP contribution in [0.4, 0.5) is 0 Å². The lowest BCUT2D eigenvalue weighted by molar-refractivity contribution is -0.119. The van der Waals surface area contributed by atoms with Crippen molar-refractivity contribution in [3.63, 3.8) is 0 Å². The Morgan fingerprint density at radius 3 is 2.75 bits per heavy atom. The molecule has 1 aromatic rings. The summed E-state index contributed by atoms with van der Waals surface area (Å²) < 4.78 is 2.11. The number of nitrogens with zero attached hydrogens (tertiary/aromatic N) is 4. The van der Waals surface area contributed by atoms with Crippen molar-refractivity contribution in [2.75, 3.05) is 25.4 Å². The molecule has 1 saturated carbocycles. The second-order valence-corrected chi connectivity index (χ2v) is 9.12. The number of nitrogens with one attached hydrogen (secondary N) is 1. The number of carbonyl (C=O) groups is 1. The van der Waals surface area contributed by atoms with Crippen molar-refractivity contribution in [1.29, 1.82) is 0 Å². The topological polar surface area (TPSA) is 63.1 Å². The summed E-state index contributed by atoms with van der Waals surface area (Å²) in [4.78, 5) is 14.9. The molecule has 6 nitrogen and oxygen atoms in total. The summed E-state index contributed by atoms with van der Waals surface area (Å²) >= 11 is 1.48. The number of likely N-dealkylation sites (tertiary alicyclic amines) is 1. The van der Waals surface area contributed by atoms with Gasteiger partial charge in [-0.15, -0.1) is 16.8 Å². The minimum atomic E-state index is 0.103. The van der Waals surface area contributed by atoms with E-state index in [1.165, 1.54) is 63.4 Å². The van der Waals surface area contributed by atoms with Crippen LogP contribution in [0.2, 0.25) is 0 Å². The van der Waals surface area contributed by atoms with Crippen molar-refractivity contribution in [3.8, 4) is 0 Å². The van der Waals surface area contributed by atoms with Gasteiger partial charge in [-0.1, -0.05) is 44.0 Å². The molecule has 1 amide bonds. The molecule has 0 bridgehead atoms. The highest BCUT2D eigenvalue weighted by molar-refractivity contribution is 7.99. The first-order chi connectivity index (χ1) is 13.7. The summed E-state index contributed by atoms with van der Waals surface area (Å²) in [7, 11) is 0. The van der Waals surface area contributed by atoms with Gasteiger partial charge in [0.15, 0.2) is 5.16 Å². The second kappa shape index (κ2) is 11.0. The van der Waals surface area contributed by atoms with Gasteiger partial charge in [0.25, 0.3) is 0 Å². The van der Waals surface area contributed by atoms with Crippen molar-refractivity contribution in [1.82, 2.24) is 25.0 Å². The van der Waals surface area contributed by atoms with Crippen LogP contribution in [-0.4, -0.2) is 57.0 Å². The van der Waals surface area contributed by atoms with E-state index < -0.39 is 0 Å². The SMILES string of the molecule is C=CCn1c(CCN2CCCCC2)nnc1SCC(=O)NC1CCCCC1C. The van der Waals surface area contributed by atoms with Crippen LogP contribution < -0.4 is 5.32 Å². The average molecular weight is 406 g/mol. The van der Waals surface area contributed by atoms with E-state index in [4.69, 9.17) is 0 Å². The Morgan fingerprint density at radius 2 is 2.00 bits per heavy atom. The number of hydrogen-bond donors (Lipinski definition) is 1. The molecule has 0 aromatic carbocycles. The number of amides is 1. The van der Waals surface area contributed by atoms with E-state index in [0.717, 1.165) is 30.4 Å². The monoisotopic (exact) mass is 405 g/mol. The van der Waals surface area contributed by atoms with Crippen LogP contribution in [0, 0.1) is 5.92 Å². The predicted octanol–water partition coefficient (Wildman–Crippen LogP) is 3.28. The molecular weight excluding hydrogens is 370 g/mol. The lowest BCUT2D eigenvalue weighted by atomic mass is 9.86. The van der Waals surface area contributed by atoms with Crippen molar-refractivity contribution in [3.05, 3.63) is 18.5 Å². The fourth-order valence-electron chi connectivity index (χ4n) is 4.27. The molecule has 1 aromatic heterocycles. The molecule has 2 aliphatic rings. The Balaban J connectivity index is 1.51. The van der Waals surface area contributed by atoms with Gasteiger partial charge in [-0.2, -0.15) is 0 Å². The maximum absolute atomic E-state index is 12.4. The zero-order valence-electron chi connectivity index (χ0n) is 17.2. The summed E-state index contributed by atoms with van der Waals surface area (Å²) in [6.07, 6.45) is 11.5. The highest BCUT2D eigenvalue weighted by Crippen LogP contribution is 2.24. The number of piperidine rings is 1. The van der Waals surface area contributed by atoms with Gasteiger partial charge in [-0.05, 0) is 44.7 Å². The zero-order valence-corrected chi connectivity index (χ0v) is 18.1. The molecule has 1 aliphatic heterocycles. The molecule has 2 fully saturated rings. The Bertz CT molecular complexity index is 641. The molecule has 1 aliphatic carbocycles. The third-order valence-corrected chi connectivity index (χ3v) is 6.96. The smallest absolute Gasteiger partial charge is 0.230 e. The van der Waals surface area contributed by atoms with Crippen molar-refractivity contribution < 1.29 is 4.79 Å². The van der Waals surface area contributed by atoms with Gasteiger partial charge in [0, 0.05) is 25.6 Å². The van der Waals surface area contributed by atoms with E-state index in [1.807, 2.05) is 6.08 Å². The van der Waals surface area contributed by atoms with Crippen LogP contribution >= 0.6 is 11.8 Å². The summed E-state index contributed by atoms with van der Waals surface area (Å²) in [5.74, 6) is 2.07. The molecular formula is C21H35N5OS. The molecule has 28 heavy (non-hydrogen) atoms. The first kappa shape index (κ1) is 21.4. The van der Waals surface area contributed by atoms with Gasteiger partial charge < -0.3 is 14.8 Å². The first-order valence-electron chi connectivity index (χ1n) is 10.8. The molecule has 3 rings (SSSR count). The number of thioether (sulfide) groups is 1. The van der Waals surface area contributed by atoms with E-state index in [-0.39, 0.29) is 5.91 Å². The lowest BCUT2D eigenvalue weighted by Gasteiger charge is -2.29. The highest BCUT2D eigenvalue weighted by atomic mass is 32.2. The molecule has 2 atom stereocenters. The predicted molar refractivity (Wildman–Crippen MR) is 115 cm³/mol. The van der Waals surface area contributed by atoms with Crippen LogP contribution in [0.1, 0.15) is 57.7 Å². The first-order valence-corrected chi connectivity index (χ1v) is 11.8. The molecule has 2 unspecified atom stereocenters. The average Bonchev–Trinajstić information content (AvgIpc) is 3.09. The van der Waals surface area contributed by atoms with Crippen molar-refractivity contribution in [2.45, 2.75) is 76.0 Å². The molecule has 156 valence electrons. The lowest BCUT2D eigenvalue weighted by Crippen LogP contribution is -2.41. The number of hydrogen-bond acceptors (Lipinski definition) is 5. The molecule has 1 N–H and O–H groups in total. The zero-order chi connectivity index (χ0) is 19.8. The van der Waals surface area contributed by atoms with E-state index in [2.05, 4.69) is 38.5 Å². The normalized spacial score (nSPS) is 23.5. The Kier molecular flexibility index (Phi) is 8.40. The van der Waals surface area contributed by atoms with Gasteiger partial charge in [-0.25, -0.2) is 0 Å². The highest BCUT2D eigenvalue weighted by Gasteiger charge is 2.23. The number of allylic oxidation sites excluding steroid dienone is 1. The summed E-state index contributed by atoms with van der Waals surface area (Å²) in [5, 5.41) is 12.8. The van der Waals surface area contributed by atoms with Gasteiger partial charge >= 0.3 is 0 Å². The van der Waals surface area contributed by atoms with E-state index >= 15 is 0 Å². The fraction of sp³-hybridized carbons (Fsp3) is 0.762. The summed E-state index contributed by atoms with van der Waals surface area (Å²) in [6.45, 7) is 10.2. The Labute approximate surface area is 173 Å². The second-order valence-electron chi connectivity index (χ2n) is 8.17. The third-order valence-electron chi connectivity index (χ3n) is 6.00. The van der Waals surface area contributed by atoms with Crippen LogP contribution in [0.5, 0.6) is 0 Å². The number of carbonyl (C=O) groups excluding carboxylic acids is 1. The maximum atomic E-state index is 12.4. The number of aromatic nitrogens is 3. The summed E-state index contributed by atoms with van der Waals surface area (Å²) in [6, 6.07) is 0.327. The van der Waals surface area contributed by atoms with Crippen LogP contribution in [0.25, 0.3) is 0 Å². The van der Waals surface area contributed by atoms with Gasteiger partial charge in [0.2, 0.25) is 5.91 Å². The maximum Gasteiger partial charge on any atom is 0.230 e. The molecule has 0 radical (unpaired) electrons. The standard InChI is InChI=1S/C21H35N5OS/c1-3-12-26-19(11-15-25-13-7-4-8-14-25)23-24-21(26)28-16-20(27)22-18-10-6-5-9-17(18)2/h3,17-18H,1,4-16H2,2H3,(H,22,27). The van der Waals surface area contributed by atoms with Gasteiger partial charge in [0.05, 0.1) is 5.75 Å². The third kappa shape index (κ3) is 6.08. The largest absolute Gasteiger partial charge is 0.352 e. The number of rotatable bonds is 9. The molecule has 7 heteroatoms. The Hall–Kier alpha value is -1.34. The van der Waals surface area contributed by atoms with E-state index in [0.29, 0.717) is 24.3 Å². The van der Waals surface area contributed by atoms with Crippen molar-refractivity contribution in [2.24, 2.45) is 5.92 Å². The fourth-order valence-corrected chi connectivity index (χ4v) is 5.05. The van der Waals surface area contributed by atoms with Gasteiger partial charge in [0.1, 0.15) is 5.82 Å². The minimum Gasteiger partial charge on any atom is -0.352 e. The molecule has 2 heterocycles. The van der Waals surface area contributed by atoms with Crippen molar-refractivity contribution >= 4 is 17.7 Å². The van der Waals surface area contributed by atoms with Crippen LogP contribution in [0.15, 0.2) is 17.8 Å². The minimum absolute atomic E-state index is 0.103.